The van der Waals surface area contributed by atoms with Gasteiger partial charge >= 0.3 is 0 Å². The van der Waals surface area contributed by atoms with Crippen LogP contribution in [0.3, 0.4) is 0 Å². The Kier molecular flexibility index (Phi) is 5.41. The molecule has 0 saturated heterocycles. The van der Waals surface area contributed by atoms with E-state index in [0.29, 0.717) is 6.54 Å². The van der Waals surface area contributed by atoms with Crippen molar-refractivity contribution in [3.8, 4) is 0 Å². The average Bonchev–Trinajstić information content (AvgIpc) is 2.45. The van der Waals surface area contributed by atoms with Crippen LogP contribution in [0.25, 0.3) is 0 Å². The summed E-state index contributed by atoms with van der Waals surface area (Å²) in [6, 6.07) is 11.0. The van der Waals surface area contributed by atoms with Gasteiger partial charge in [-0.1, -0.05) is 40.2 Å². The maximum Gasteiger partial charge on any atom is 0.238 e. The van der Waals surface area contributed by atoms with Crippen LogP contribution < -0.4 is 10.6 Å². The first-order valence-electron chi connectivity index (χ1n) is 6.26. The van der Waals surface area contributed by atoms with Crippen molar-refractivity contribution in [2.45, 2.75) is 6.54 Å². The number of carbonyl (C=O) groups is 1. The van der Waals surface area contributed by atoms with Crippen molar-refractivity contribution in [2.75, 3.05) is 11.9 Å². The number of hydrogen-bond acceptors (Lipinski definition) is 2. The number of para-hydroxylation sites is 1. The second-order valence-corrected chi connectivity index (χ2v) is 5.19. The van der Waals surface area contributed by atoms with E-state index in [9.17, 15) is 13.6 Å². The third-order valence-corrected chi connectivity index (χ3v) is 3.56. The highest BCUT2D eigenvalue weighted by Gasteiger charge is 2.11. The molecule has 0 aromatic heterocycles. The number of anilines is 1. The molecular weight excluding hydrogens is 342 g/mol. The molecule has 1 amide bonds. The summed E-state index contributed by atoms with van der Waals surface area (Å²) >= 11 is 3.40. The lowest BCUT2D eigenvalue weighted by Gasteiger charge is -2.09. The number of amides is 1. The molecule has 0 saturated carbocycles. The summed E-state index contributed by atoms with van der Waals surface area (Å²) in [5.41, 5.74) is 0.563. The first-order chi connectivity index (χ1) is 10.1. The Hall–Kier alpha value is -1.79. The van der Waals surface area contributed by atoms with E-state index in [-0.39, 0.29) is 6.54 Å². The number of carbonyl (C=O) groups excluding carboxylic acids is 1. The van der Waals surface area contributed by atoms with E-state index in [1.807, 2.05) is 24.3 Å². The fraction of sp³-hybridized carbons (Fsp3) is 0.133. The molecule has 2 aromatic rings. The van der Waals surface area contributed by atoms with Gasteiger partial charge in [-0.15, -0.1) is 0 Å². The minimum Gasteiger partial charge on any atom is -0.320 e. The fourth-order valence-electron chi connectivity index (χ4n) is 1.75. The zero-order chi connectivity index (χ0) is 15.2. The molecule has 2 rings (SSSR count). The molecule has 0 aliphatic rings. The van der Waals surface area contributed by atoms with Crippen LogP contribution in [-0.2, 0) is 11.3 Å². The second kappa shape index (κ2) is 7.28. The molecule has 110 valence electrons. The molecule has 0 unspecified atom stereocenters. The molecule has 0 radical (unpaired) electrons. The van der Waals surface area contributed by atoms with Crippen molar-refractivity contribution in [1.82, 2.24) is 5.32 Å². The van der Waals surface area contributed by atoms with E-state index in [4.69, 9.17) is 0 Å². The van der Waals surface area contributed by atoms with Crippen LogP contribution in [0.15, 0.2) is 46.9 Å². The van der Waals surface area contributed by atoms with Crippen LogP contribution in [-0.4, -0.2) is 12.5 Å². The Morgan fingerprint density at radius 2 is 1.71 bits per heavy atom. The summed E-state index contributed by atoms with van der Waals surface area (Å²) in [7, 11) is 0. The number of rotatable bonds is 5. The van der Waals surface area contributed by atoms with Gasteiger partial charge in [-0.25, -0.2) is 8.78 Å². The van der Waals surface area contributed by atoms with Crippen molar-refractivity contribution >= 4 is 27.5 Å². The van der Waals surface area contributed by atoms with E-state index >= 15 is 0 Å². The van der Waals surface area contributed by atoms with Crippen molar-refractivity contribution < 1.29 is 13.6 Å². The molecular formula is C15H13BrF2N2O. The maximum absolute atomic E-state index is 13.4. The van der Waals surface area contributed by atoms with Gasteiger partial charge in [0, 0.05) is 11.0 Å². The predicted molar refractivity (Wildman–Crippen MR) is 80.8 cm³/mol. The largest absolute Gasteiger partial charge is 0.320 e. The lowest BCUT2D eigenvalue weighted by atomic mass is 10.2. The molecule has 0 atom stereocenters. The lowest BCUT2D eigenvalue weighted by molar-refractivity contribution is -0.115. The molecule has 0 bridgehead atoms. The van der Waals surface area contributed by atoms with Crippen molar-refractivity contribution in [2.24, 2.45) is 0 Å². The van der Waals surface area contributed by atoms with E-state index in [0.717, 1.165) is 22.2 Å². The smallest absolute Gasteiger partial charge is 0.238 e. The maximum atomic E-state index is 13.4. The molecule has 0 spiro atoms. The van der Waals surface area contributed by atoms with Gasteiger partial charge in [-0.05, 0) is 23.8 Å². The minimum absolute atomic E-state index is 0.0465. The minimum atomic E-state index is -0.797. The van der Waals surface area contributed by atoms with Crippen molar-refractivity contribution in [1.29, 1.82) is 0 Å². The summed E-state index contributed by atoms with van der Waals surface area (Å²) in [6.45, 7) is 0.420. The molecule has 2 aromatic carbocycles. The number of halogens is 3. The SMILES string of the molecule is O=C(CNCc1ccccc1Br)Nc1c(F)cccc1F. The lowest BCUT2D eigenvalue weighted by Crippen LogP contribution is -2.28. The van der Waals surface area contributed by atoms with Crippen molar-refractivity contribution in [3.05, 3.63) is 64.1 Å². The van der Waals surface area contributed by atoms with Gasteiger partial charge in [0.2, 0.25) is 5.91 Å². The van der Waals surface area contributed by atoms with E-state index in [1.165, 1.54) is 6.07 Å². The van der Waals surface area contributed by atoms with Crippen LogP contribution >= 0.6 is 15.9 Å². The van der Waals surface area contributed by atoms with Gasteiger partial charge in [0.1, 0.15) is 17.3 Å². The summed E-state index contributed by atoms with van der Waals surface area (Å²) in [6.07, 6.45) is 0. The van der Waals surface area contributed by atoms with E-state index in [1.54, 1.807) is 0 Å². The second-order valence-electron chi connectivity index (χ2n) is 4.34. The predicted octanol–water partition coefficient (Wildman–Crippen LogP) is 3.46. The number of nitrogens with one attached hydrogen (secondary N) is 2. The van der Waals surface area contributed by atoms with Gasteiger partial charge < -0.3 is 10.6 Å². The van der Waals surface area contributed by atoms with Crippen LogP contribution in [0.5, 0.6) is 0 Å². The third-order valence-electron chi connectivity index (χ3n) is 2.79. The van der Waals surface area contributed by atoms with Crippen molar-refractivity contribution in [3.63, 3.8) is 0 Å². The van der Waals surface area contributed by atoms with Gasteiger partial charge in [0.15, 0.2) is 0 Å². The van der Waals surface area contributed by atoms with Crippen LogP contribution in [0.1, 0.15) is 5.56 Å². The molecule has 3 nitrogen and oxygen atoms in total. The molecule has 2 N–H and O–H groups in total. The highest BCUT2D eigenvalue weighted by molar-refractivity contribution is 9.10. The zero-order valence-electron chi connectivity index (χ0n) is 11.0. The van der Waals surface area contributed by atoms with Gasteiger partial charge in [0.25, 0.3) is 0 Å². The molecule has 6 heteroatoms. The molecule has 0 heterocycles. The van der Waals surface area contributed by atoms with Crippen LogP contribution in [0.4, 0.5) is 14.5 Å². The Morgan fingerprint density at radius 1 is 1.05 bits per heavy atom. The Labute approximate surface area is 129 Å². The van der Waals surface area contributed by atoms with Gasteiger partial charge in [0.05, 0.1) is 6.54 Å². The molecule has 0 fully saturated rings. The fourth-order valence-corrected chi connectivity index (χ4v) is 2.18. The summed E-state index contributed by atoms with van der Waals surface area (Å²) in [5.74, 6) is -2.10. The standard InChI is InChI=1S/C15H13BrF2N2O/c16-11-5-2-1-4-10(11)8-19-9-14(21)20-15-12(17)6-3-7-13(15)18/h1-7,19H,8-9H2,(H,20,21). The van der Waals surface area contributed by atoms with Crippen LogP contribution in [0.2, 0.25) is 0 Å². The first kappa shape index (κ1) is 15.6. The third kappa shape index (κ3) is 4.34. The Balaban J connectivity index is 1.87. The monoisotopic (exact) mass is 354 g/mol. The topological polar surface area (TPSA) is 41.1 Å². The summed E-state index contributed by atoms with van der Waals surface area (Å²) in [4.78, 5) is 11.7. The molecule has 21 heavy (non-hydrogen) atoms. The molecule has 0 aliphatic heterocycles. The quantitative estimate of drug-likeness (QED) is 0.863. The number of hydrogen-bond donors (Lipinski definition) is 2. The highest BCUT2D eigenvalue weighted by atomic mass is 79.9. The van der Waals surface area contributed by atoms with Gasteiger partial charge in [-0.2, -0.15) is 0 Å². The zero-order valence-corrected chi connectivity index (χ0v) is 12.6. The van der Waals surface area contributed by atoms with Gasteiger partial charge in [-0.3, -0.25) is 4.79 Å². The summed E-state index contributed by atoms with van der Waals surface area (Å²) < 4.78 is 27.7. The van der Waals surface area contributed by atoms with E-state index in [2.05, 4.69) is 26.6 Å². The highest BCUT2D eigenvalue weighted by Crippen LogP contribution is 2.18. The van der Waals surface area contributed by atoms with Crippen LogP contribution in [0, 0.1) is 11.6 Å². The average molecular weight is 355 g/mol. The molecule has 0 aliphatic carbocycles. The summed E-state index contributed by atoms with van der Waals surface area (Å²) in [5, 5.41) is 5.13. The van der Waals surface area contributed by atoms with E-state index < -0.39 is 23.2 Å². The normalized spacial score (nSPS) is 10.4. The Bertz CT molecular complexity index is 629. The number of benzene rings is 2. The first-order valence-corrected chi connectivity index (χ1v) is 7.05. The Morgan fingerprint density at radius 3 is 2.38 bits per heavy atom.